The SMILES string of the molecule is Cc1c([C@H](C)N)cnn1-c1ccc(F)cc1. The van der Waals surface area contributed by atoms with Crippen molar-refractivity contribution in [3.8, 4) is 5.69 Å². The van der Waals surface area contributed by atoms with Gasteiger partial charge >= 0.3 is 0 Å². The van der Waals surface area contributed by atoms with E-state index in [4.69, 9.17) is 5.73 Å². The largest absolute Gasteiger partial charge is 0.324 e. The first kappa shape index (κ1) is 10.8. The number of halogens is 1. The molecule has 0 aliphatic rings. The number of benzene rings is 1. The zero-order chi connectivity index (χ0) is 11.7. The molecule has 0 bridgehead atoms. The van der Waals surface area contributed by atoms with Crippen molar-refractivity contribution in [3.05, 3.63) is 47.5 Å². The molecule has 3 nitrogen and oxygen atoms in total. The quantitative estimate of drug-likeness (QED) is 0.842. The zero-order valence-electron chi connectivity index (χ0n) is 9.31. The molecule has 0 spiro atoms. The lowest BCUT2D eigenvalue weighted by Gasteiger charge is -2.07. The van der Waals surface area contributed by atoms with Crippen LogP contribution in [0.4, 0.5) is 4.39 Å². The molecule has 2 aromatic rings. The van der Waals surface area contributed by atoms with E-state index < -0.39 is 0 Å². The molecular weight excluding hydrogens is 205 g/mol. The van der Waals surface area contributed by atoms with Gasteiger partial charge in [-0.2, -0.15) is 5.10 Å². The zero-order valence-corrected chi connectivity index (χ0v) is 9.31. The number of aromatic nitrogens is 2. The van der Waals surface area contributed by atoms with Gasteiger partial charge < -0.3 is 5.73 Å². The Morgan fingerprint density at radius 3 is 2.44 bits per heavy atom. The number of rotatable bonds is 2. The summed E-state index contributed by atoms with van der Waals surface area (Å²) in [5, 5.41) is 4.25. The van der Waals surface area contributed by atoms with E-state index in [2.05, 4.69) is 5.10 Å². The van der Waals surface area contributed by atoms with Gasteiger partial charge in [-0.1, -0.05) is 0 Å². The van der Waals surface area contributed by atoms with Gasteiger partial charge in [-0.15, -0.1) is 0 Å². The second-order valence-electron chi connectivity index (χ2n) is 3.86. The summed E-state index contributed by atoms with van der Waals surface area (Å²) >= 11 is 0. The average molecular weight is 219 g/mol. The van der Waals surface area contributed by atoms with Crippen LogP contribution in [0.15, 0.2) is 30.5 Å². The van der Waals surface area contributed by atoms with Crippen LogP contribution in [0.25, 0.3) is 5.69 Å². The highest BCUT2D eigenvalue weighted by atomic mass is 19.1. The van der Waals surface area contributed by atoms with E-state index in [1.807, 2.05) is 13.8 Å². The van der Waals surface area contributed by atoms with E-state index in [0.717, 1.165) is 16.9 Å². The minimum absolute atomic E-state index is 0.0470. The number of hydrogen-bond donors (Lipinski definition) is 1. The van der Waals surface area contributed by atoms with Gasteiger partial charge in [-0.05, 0) is 38.1 Å². The molecule has 0 fully saturated rings. The van der Waals surface area contributed by atoms with Crippen molar-refractivity contribution in [2.45, 2.75) is 19.9 Å². The molecule has 0 saturated heterocycles. The Hall–Kier alpha value is -1.68. The van der Waals surface area contributed by atoms with Crippen LogP contribution in [0.5, 0.6) is 0 Å². The fraction of sp³-hybridized carbons (Fsp3) is 0.250. The fourth-order valence-corrected chi connectivity index (χ4v) is 1.71. The van der Waals surface area contributed by atoms with Crippen molar-refractivity contribution < 1.29 is 4.39 Å². The summed E-state index contributed by atoms with van der Waals surface area (Å²) in [6.07, 6.45) is 1.75. The summed E-state index contributed by atoms with van der Waals surface area (Å²) in [6, 6.07) is 6.18. The van der Waals surface area contributed by atoms with Gasteiger partial charge in [0.05, 0.1) is 11.9 Å². The summed E-state index contributed by atoms with van der Waals surface area (Å²) in [4.78, 5) is 0. The first-order valence-electron chi connectivity index (χ1n) is 5.15. The van der Waals surface area contributed by atoms with E-state index >= 15 is 0 Å². The third-order valence-electron chi connectivity index (χ3n) is 2.61. The molecule has 0 radical (unpaired) electrons. The predicted molar refractivity (Wildman–Crippen MR) is 60.9 cm³/mol. The lowest BCUT2D eigenvalue weighted by Crippen LogP contribution is -2.07. The summed E-state index contributed by atoms with van der Waals surface area (Å²) in [7, 11) is 0. The van der Waals surface area contributed by atoms with Crippen LogP contribution in [0.2, 0.25) is 0 Å². The van der Waals surface area contributed by atoms with Crippen molar-refractivity contribution in [1.82, 2.24) is 9.78 Å². The molecule has 84 valence electrons. The summed E-state index contributed by atoms with van der Waals surface area (Å²) in [5.74, 6) is -0.249. The van der Waals surface area contributed by atoms with Crippen LogP contribution in [-0.4, -0.2) is 9.78 Å². The number of nitrogens with zero attached hydrogens (tertiary/aromatic N) is 2. The fourth-order valence-electron chi connectivity index (χ4n) is 1.71. The third-order valence-corrected chi connectivity index (χ3v) is 2.61. The van der Waals surface area contributed by atoms with Crippen LogP contribution in [0.1, 0.15) is 24.2 Å². The first-order chi connectivity index (χ1) is 7.59. The van der Waals surface area contributed by atoms with Gasteiger partial charge in [0.25, 0.3) is 0 Å². The van der Waals surface area contributed by atoms with Gasteiger partial charge in [0, 0.05) is 17.3 Å². The molecule has 0 saturated carbocycles. The van der Waals surface area contributed by atoms with Crippen LogP contribution >= 0.6 is 0 Å². The van der Waals surface area contributed by atoms with Crippen molar-refractivity contribution in [2.24, 2.45) is 5.73 Å². The lowest BCUT2D eigenvalue weighted by molar-refractivity contribution is 0.627. The summed E-state index contributed by atoms with van der Waals surface area (Å²) < 4.78 is 14.5. The molecule has 2 rings (SSSR count). The predicted octanol–water partition coefficient (Wildman–Crippen LogP) is 2.34. The average Bonchev–Trinajstić information content (AvgIpc) is 2.61. The Balaban J connectivity index is 2.45. The maximum Gasteiger partial charge on any atom is 0.123 e. The minimum Gasteiger partial charge on any atom is -0.324 e. The van der Waals surface area contributed by atoms with Crippen LogP contribution in [0.3, 0.4) is 0 Å². The normalized spacial score (nSPS) is 12.8. The monoisotopic (exact) mass is 219 g/mol. The van der Waals surface area contributed by atoms with Crippen molar-refractivity contribution in [3.63, 3.8) is 0 Å². The highest BCUT2D eigenvalue weighted by Gasteiger charge is 2.10. The van der Waals surface area contributed by atoms with Gasteiger partial charge in [-0.3, -0.25) is 0 Å². The van der Waals surface area contributed by atoms with E-state index in [-0.39, 0.29) is 11.9 Å². The van der Waals surface area contributed by atoms with Gasteiger partial charge in [0.1, 0.15) is 5.82 Å². The highest BCUT2D eigenvalue weighted by molar-refractivity contribution is 5.35. The molecule has 0 unspecified atom stereocenters. The number of hydrogen-bond acceptors (Lipinski definition) is 2. The Morgan fingerprint density at radius 2 is 1.94 bits per heavy atom. The molecule has 2 N–H and O–H groups in total. The Labute approximate surface area is 93.7 Å². The maximum absolute atomic E-state index is 12.8. The van der Waals surface area contributed by atoms with Crippen molar-refractivity contribution in [2.75, 3.05) is 0 Å². The Bertz CT molecular complexity index is 485. The van der Waals surface area contributed by atoms with Gasteiger partial charge in [0.2, 0.25) is 0 Å². The Morgan fingerprint density at radius 1 is 1.31 bits per heavy atom. The van der Waals surface area contributed by atoms with E-state index in [9.17, 15) is 4.39 Å². The second-order valence-corrected chi connectivity index (χ2v) is 3.86. The smallest absolute Gasteiger partial charge is 0.123 e. The molecule has 0 amide bonds. The molecular formula is C12H14FN3. The topological polar surface area (TPSA) is 43.8 Å². The standard InChI is InChI=1S/C12H14FN3/c1-8(14)12-7-15-16(9(12)2)11-5-3-10(13)4-6-11/h3-8H,14H2,1-2H3/t8-/m0/s1. The molecule has 1 atom stereocenters. The molecule has 1 aromatic heterocycles. The number of nitrogens with two attached hydrogens (primary N) is 1. The second kappa shape index (κ2) is 4.06. The summed E-state index contributed by atoms with van der Waals surface area (Å²) in [6.45, 7) is 3.87. The van der Waals surface area contributed by atoms with Crippen molar-refractivity contribution in [1.29, 1.82) is 0 Å². The van der Waals surface area contributed by atoms with Gasteiger partial charge in [-0.25, -0.2) is 9.07 Å². The molecule has 0 aliphatic heterocycles. The molecule has 4 heteroatoms. The summed E-state index contributed by atoms with van der Waals surface area (Å²) in [5.41, 5.74) is 8.65. The maximum atomic E-state index is 12.8. The lowest BCUT2D eigenvalue weighted by atomic mass is 10.1. The first-order valence-corrected chi connectivity index (χ1v) is 5.15. The highest BCUT2D eigenvalue weighted by Crippen LogP contribution is 2.18. The van der Waals surface area contributed by atoms with Gasteiger partial charge in [0.15, 0.2) is 0 Å². The van der Waals surface area contributed by atoms with Crippen LogP contribution in [0, 0.1) is 12.7 Å². The van der Waals surface area contributed by atoms with E-state index in [1.54, 1.807) is 23.0 Å². The van der Waals surface area contributed by atoms with E-state index in [0.29, 0.717) is 0 Å². The van der Waals surface area contributed by atoms with Crippen LogP contribution in [-0.2, 0) is 0 Å². The molecule has 16 heavy (non-hydrogen) atoms. The molecule has 1 heterocycles. The minimum atomic E-state index is -0.249. The Kier molecular flexibility index (Phi) is 2.75. The van der Waals surface area contributed by atoms with E-state index in [1.165, 1.54) is 12.1 Å². The van der Waals surface area contributed by atoms with Crippen molar-refractivity contribution >= 4 is 0 Å². The molecule has 0 aliphatic carbocycles. The van der Waals surface area contributed by atoms with Crippen LogP contribution < -0.4 is 5.73 Å². The molecule has 1 aromatic carbocycles. The third kappa shape index (κ3) is 1.84.